The Bertz CT molecular complexity index is 3270. The smallest absolute Gasteiger partial charge is 0.216 e. The molecule has 5 nitrogen and oxygen atoms in total. The van der Waals surface area contributed by atoms with E-state index < -0.39 is 19.9 Å². The minimum atomic E-state index is -1.74. The molecule has 0 fully saturated rings. The number of benzene rings is 5. The van der Waals surface area contributed by atoms with Crippen molar-refractivity contribution >= 4 is 46.4 Å². The summed E-state index contributed by atoms with van der Waals surface area (Å²) in [5.74, 6) is 1.40. The van der Waals surface area contributed by atoms with E-state index in [1.54, 1.807) is 0 Å². The Hall–Kier alpha value is -5.46. The number of nitrogens with zero attached hydrogens (tertiary/aromatic N) is 4. The zero-order chi connectivity index (χ0) is 49.1. The maximum absolute atomic E-state index is 8.89. The van der Waals surface area contributed by atoms with Gasteiger partial charge in [-0.3, -0.25) is 4.98 Å². The van der Waals surface area contributed by atoms with Crippen molar-refractivity contribution in [3.8, 4) is 39.5 Å². The zero-order valence-electron chi connectivity index (χ0n) is 43.7. The number of furan rings is 1. The van der Waals surface area contributed by atoms with Gasteiger partial charge in [0.15, 0.2) is 0 Å². The maximum atomic E-state index is 8.89. The van der Waals surface area contributed by atoms with Crippen LogP contribution in [-0.4, -0.2) is 27.6 Å². The summed E-state index contributed by atoms with van der Waals surface area (Å²) in [6.07, 6.45) is 0.472. The summed E-state index contributed by atoms with van der Waals surface area (Å²) < 4.78 is 26.6. The molecule has 0 atom stereocenters. The van der Waals surface area contributed by atoms with E-state index in [1.165, 1.54) is 33.5 Å². The fourth-order valence-electron chi connectivity index (χ4n) is 8.71. The van der Waals surface area contributed by atoms with Gasteiger partial charge in [-0.1, -0.05) is 154 Å². The van der Waals surface area contributed by atoms with Crippen LogP contribution in [0.1, 0.15) is 112 Å². The van der Waals surface area contributed by atoms with Crippen LogP contribution in [0.4, 0.5) is 0 Å². The predicted octanol–water partition coefficient (Wildman–Crippen LogP) is 16.0. The SMILES string of the molecule is Cc1ccc2c(n1)oc1c(-c3nc4ccccc4n3-c3c(C(C)C)cc(-c4ccccc4)cc3C(C)C)[c-]ccc12.[2H]C([2H])(c1cc(-c2[c-]ccc(C(C)(C)C)c2)ncc1[Si](C)(C)C)C(C)(C)C.[Ir]. The molecule has 347 valence electrons. The number of hydrogen-bond acceptors (Lipinski definition) is 4. The average molecular weight is 1080 g/mol. The monoisotopic (exact) mass is 1080 g/mol. The molecule has 0 spiro atoms. The van der Waals surface area contributed by atoms with Crippen LogP contribution >= 0.6 is 0 Å². The fourth-order valence-corrected chi connectivity index (χ4v) is 10.1. The Kier molecular flexibility index (Phi) is 13.4. The Morgan fingerprint density at radius 3 is 2.03 bits per heavy atom. The molecule has 9 rings (SSSR count). The summed E-state index contributed by atoms with van der Waals surface area (Å²) >= 11 is 0. The van der Waals surface area contributed by atoms with Gasteiger partial charge in [0, 0.05) is 45.8 Å². The second kappa shape index (κ2) is 19.3. The minimum absolute atomic E-state index is 0. The van der Waals surface area contributed by atoms with Crippen LogP contribution < -0.4 is 5.19 Å². The van der Waals surface area contributed by atoms with Gasteiger partial charge < -0.3 is 14.0 Å². The third-order valence-electron chi connectivity index (χ3n) is 12.1. The van der Waals surface area contributed by atoms with Crippen molar-refractivity contribution in [3.63, 3.8) is 0 Å². The first kappa shape index (κ1) is 46.6. The summed E-state index contributed by atoms with van der Waals surface area (Å²) in [5.41, 5.74) is 14.7. The van der Waals surface area contributed by atoms with Crippen molar-refractivity contribution < 1.29 is 27.3 Å². The number of aryl methyl sites for hydroxylation is 1. The molecule has 0 aliphatic heterocycles. The molecule has 9 aromatic rings. The number of para-hydroxylation sites is 2. The van der Waals surface area contributed by atoms with Crippen molar-refractivity contribution in [1.29, 1.82) is 0 Å². The predicted molar refractivity (Wildman–Crippen MR) is 282 cm³/mol. The molecule has 7 heteroatoms. The van der Waals surface area contributed by atoms with E-state index >= 15 is 0 Å². The second-order valence-corrected chi connectivity index (χ2v) is 26.5. The molecule has 67 heavy (non-hydrogen) atoms. The van der Waals surface area contributed by atoms with E-state index in [0.29, 0.717) is 17.5 Å². The summed E-state index contributed by atoms with van der Waals surface area (Å²) in [7, 11) is -1.74. The minimum Gasteiger partial charge on any atom is -0.486 e. The van der Waals surface area contributed by atoms with Crippen LogP contribution in [0.15, 0.2) is 126 Å². The molecular weight excluding hydrogens is 1010 g/mol. The van der Waals surface area contributed by atoms with Gasteiger partial charge >= 0.3 is 0 Å². The van der Waals surface area contributed by atoms with Gasteiger partial charge in [-0.05, 0) is 105 Å². The molecule has 5 aromatic carbocycles. The van der Waals surface area contributed by atoms with Crippen LogP contribution in [0.5, 0.6) is 0 Å². The Labute approximate surface area is 416 Å². The molecule has 4 aromatic heterocycles. The van der Waals surface area contributed by atoms with Crippen LogP contribution in [0, 0.1) is 24.5 Å². The molecule has 0 aliphatic carbocycles. The number of imidazole rings is 1. The van der Waals surface area contributed by atoms with Gasteiger partial charge in [0.1, 0.15) is 0 Å². The molecule has 0 bridgehead atoms. The van der Waals surface area contributed by atoms with Gasteiger partial charge in [0.2, 0.25) is 5.71 Å². The second-order valence-electron chi connectivity index (χ2n) is 21.4. The van der Waals surface area contributed by atoms with Crippen molar-refractivity contribution in [2.24, 2.45) is 5.41 Å². The zero-order valence-corrected chi connectivity index (χ0v) is 45.1. The van der Waals surface area contributed by atoms with Crippen LogP contribution in [0.25, 0.3) is 72.6 Å². The van der Waals surface area contributed by atoms with E-state index in [-0.39, 0.29) is 25.5 Å². The van der Waals surface area contributed by atoms with Crippen molar-refractivity contribution in [2.75, 3.05) is 0 Å². The van der Waals surface area contributed by atoms with E-state index in [1.807, 2.05) is 64.2 Å². The number of hydrogen-bond donors (Lipinski definition) is 0. The van der Waals surface area contributed by atoms with Crippen molar-refractivity contribution in [3.05, 3.63) is 162 Å². The van der Waals surface area contributed by atoms with Gasteiger partial charge in [0.05, 0.1) is 30.5 Å². The van der Waals surface area contributed by atoms with Crippen molar-refractivity contribution in [2.45, 2.75) is 119 Å². The summed E-state index contributed by atoms with van der Waals surface area (Å²) in [5, 5.41) is 3.12. The number of fused-ring (bicyclic) bond motifs is 4. The molecule has 0 N–H and O–H groups in total. The first-order valence-electron chi connectivity index (χ1n) is 24.4. The molecule has 0 saturated heterocycles. The Morgan fingerprint density at radius 2 is 1.39 bits per heavy atom. The van der Waals surface area contributed by atoms with Gasteiger partial charge in [-0.15, -0.1) is 53.6 Å². The van der Waals surface area contributed by atoms with Crippen LogP contribution in [-0.2, 0) is 31.9 Å². The fraction of sp³-hybridized carbons (Fsp3) is 0.317. The number of aromatic nitrogens is 4. The molecule has 1 radical (unpaired) electrons. The van der Waals surface area contributed by atoms with E-state index in [2.05, 4.69) is 175 Å². The van der Waals surface area contributed by atoms with Gasteiger partial charge in [-0.25, -0.2) is 4.98 Å². The first-order valence-corrected chi connectivity index (χ1v) is 26.9. The topological polar surface area (TPSA) is 56.7 Å². The molecule has 0 aliphatic rings. The van der Waals surface area contributed by atoms with E-state index in [4.69, 9.17) is 17.1 Å². The summed E-state index contributed by atoms with van der Waals surface area (Å²) in [4.78, 5) is 14.6. The molecule has 0 unspecified atom stereocenters. The summed E-state index contributed by atoms with van der Waals surface area (Å²) in [6, 6.07) is 46.9. The third kappa shape index (κ3) is 10.5. The maximum Gasteiger partial charge on any atom is 0.216 e. The van der Waals surface area contributed by atoms with E-state index in [0.717, 1.165) is 66.5 Å². The van der Waals surface area contributed by atoms with Gasteiger partial charge in [-0.2, -0.15) is 0 Å². The van der Waals surface area contributed by atoms with E-state index in [9.17, 15) is 0 Å². The Balaban J connectivity index is 0.000000220. The standard InChI is InChI=1S/C37H32N3O.C23H34NSi.Ir/c1-22(2)30-20-26(25-12-7-6-8-13-25)21-31(23(3)4)34(30)40-33-17-10-9-16-32(33)39-36(40)29-15-11-14-27-28-19-18-24(5)38-37(28)41-35(27)29;1-22(2,3)15-18-14-20(24-16-21(18)25(7,8)9)17-11-10-12-19(13-17)23(4,5)6;/h6-14,16-23H,1-5H3;10,12-14,16H,15H2,1-9H3;/q2*-1;/i;15D2;. The van der Waals surface area contributed by atoms with Gasteiger partial charge in [0.25, 0.3) is 0 Å². The molecular formula is C60H66IrN4OSi-2. The number of rotatable bonds is 8. The van der Waals surface area contributed by atoms with Crippen LogP contribution in [0.2, 0.25) is 19.6 Å². The third-order valence-corrected chi connectivity index (χ3v) is 14.1. The van der Waals surface area contributed by atoms with Crippen LogP contribution in [0.3, 0.4) is 0 Å². The average Bonchev–Trinajstić information content (AvgIpc) is 3.86. The Morgan fingerprint density at radius 1 is 0.731 bits per heavy atom. The molecule has 0 saturated carbocycles. The number of pyridine rings is 2. The largest absolute Gasteiger partial charge is 0.486 e. The quantitative estimate of drug-likeness (QED) is 0.112. The van der Waals surface area contributed by atoms with Crippen molar-refractivity contribution in [1.82, 2.24) is 19.5 Å². The first-order chi connectivity index (χ1) is 32.0. The molecule has 4 heterocycles. The normalized spacial score (nSPS) is 12.9. The summed E-state index contributed by atoms with van der Waals surface area (Å²) in [6.45, 7) is 30.3. The molecule has 0 amide bonds.